The van der Waals surface area contributed by atoms with Gasteiger partial charge in [0.1, 0.15) is 10.5 Å². The number of fused-ring (bicyclic) bond motifs is 1. The summed E-state index contributed by atoms with van der Waals surface area (Å²) >= 11 is 2.10. The van der Waals surface area contributed by atoms with Crippen molar-refractivity contribution in [2.24, 2.45) is 0 Å². The Morgan fingerprint density at radius 2 is 1.94 bits per heavy atom. The summed E-state index contributed by atoms with van der Waals surface area (Å²) in [4.78, 5) is 30.1. The molecule has 0 radical (unpaired) electrons. The standard InChI is InChI=1S/C22H15F4N3O2S2/c1-12-10-13(23)6-7-17(12)29-20(31)19-16(8-9-32-19)28-21(29)33-11-18(30)27-15-5-3-2-4-14(15)22(24,25)26/h2-10H,11H2,1H3,(H,27,30). The monoisotopic (exact) mass is 493 g/mol. The van der Waals surface area contributed by atoms with E-state index in [-0.39, 0.29) is 22.2 Å². The summed E-state index contributed by atoms with van der Waals surface area (Å²) in [5.74, 6) is -1.46. The van der Waals surface area contributed by atoms with Crippen LogP contribution >= 0.6 is 23.1 Å². The van der Waals surface area contributed by atoms with E-state index < -0.39 is 23.5 Å². The van der Waals surface area contributed by atoms with E-state index in [0.29, 0.717) is 21.5 Å². The molecule has 0 saturated carbocycles. The van der Waals surface area contributed by atoms with Gasteiger partial charge in [-0.1, -0.05) is 23.9 Å². The second kappa shape index (κ2) is 8.99. The molecule has 0 aliphatic rings. The summed E-state index contributed by atoms with van der Waals surface area (Å²) in [6, 6.07) is 10.3. The number of nitrogens with zero attached hydrogens (tertiary/aromatic N) is 2. The molecule has 2 aromatic heterocycles. The van der Waals surface area contributed by atoms with Crippen molar-refractivity contribution in [2.75, 3.05) is 11.1 Å². The van der Waals surface area contributed by atoms with Crippen LogP contribution in [0, 0.1) is 12.7 Å². The van der Waals surface area contributed by atoms with Gasteiger partial charge in [-0.05, 0) is 54.3 Å². The summed E-state index contributed by atoms with van der Waals surface area (Å²) in [5.41, 5.74) is -0.375. The third kappa shape index (κ3) is 4.79. The van der Waals surface area contributed by atoms with Gasteiger partial charge in [0, 0.05) is 0 Å². The van der Waals surface area contributed by atoms with E-state index >= 15 is 0 Å². The Balaban J connectivity index is 1.66. The topological polar surface area (TPSA) is 64.0 Å². The number of thiophene rings is 1. The highest BCUT2D eigenvalue weighted by atomic mass is 32.2. The molecule has 170 valence electrons. The molecular weight excluding hydrogens is 478 g/mol. The van der Waals surface area contributed by atoms with Crippen LogP contribution in [0.15, 0.2) is 63.9 Å². The average Bonchev–Trinajstić information content (AvgIpc) is 3.22. The number of carbonyl (C=O) groups excluding carboxylic acids is 1. The van der Waals surface area contributed by atoms with Crippen LogP contribution in [-0.2, 0) is 11.0 Å². The van der Waals surface area contributed by atoms with Crippen LogP contribution in [-0.4, -0.2) is 21.2 Å². The van der Waals surface area contributed by atoms with Crippen LogP contribution in [0.2, 0.25) is 0 Å². The molecular formula is C22H15F4N3O2S2. The number of amides is 1. The predicted octanol–water partition coefficient (Wildman–Crippen LogP) is 5.64. The van der Waals surface area contributed by atoms with Crippen molar-refractivity contribution in [1.29, 1.82) is 0 Å². The lowest BCUT2D eigenvalue weighted by molar-refractivity contribution is -0.137. The van der Waals surface area contributed by atoms with Crippen molar-refractivity contribution in [2.45, 2.75) is 18.3 Å². The van der Waals surface area contributed by atoms with Crippen LogP contribution in [0.5, 0.6) is 0 Å². The first-order valence-electron chi connectivity index (χ1n) is 9.51. The zero-order valence-corrected chi connectivity index (χ0v) is 18.6. The van der Waals surface area contributed by atoms with E-state index in [1.165, 1.54) is 52.3 Å². The van der Waals surface area contributed by atoms with Crippen LogP contribution in [0.1, 0.15) is 11.1 Å². The van der Waals surface area contributed by atoms with Gasteiger partial charge in [0.2, 0.25) is 5.91 Å². The number of carbonyl (C=O) groups is 1. The first-order chi connectivity index (χ1) is 15.6. The van der Waals surface area contributed by atoms with Crippen molar-refractivity contribution < 1.29 is 22.4 Å². The Bertz CT molecular complexity index is 1410. The highest BCUT2D eigenvalue weighted by molar-refractivity contribution is 7.99. The molecule has 1 N–H and O–H groups in total. The van der Waals surface area contributed by atoms with Gasteiger partial charge in [-0.3, -0.25) is 14.2 Å². The number of hydrogen-bond donors (Lipinski definition) is 1. The van der Waals surface area contributed by atoms with Crippen LogP contribution in [0.3, 0.4) is 0 Å². The van der Waals surface area contributed by atoms with Gasteiger partial charge in [0.05, 0.1) is 28.2 Å². The highest BCUT2D eigenvalue weighted by Gasteiger charge is 2.33. The quantitative estimate of drug-likeness (QED) is 0.222. The molecule has 0 bridgehead atoms. The minimum Gasteiger partial charge on any atom is -0.325 e. The summed E-state index contributed by atoms with van der Waals surface area (Å²) < 4.78 is 54.9. The van der Waals surface area contributed by atoms with E-state index in [2.05, 4.69) is 10.3 Å². The number of anilines is 1. The fourth-order valence-electron chi connectivity index (χ4n) is 3.23. The lowest BCUT2D eigenvalue weighted by atomic mass is 10.1. The number of halogens is 4. The molecule has 0 fully saturated rings. The van der Waals surface area contributed by atoms with Gasteiger partial charge in [0.15, 0.2) is 5.16 Å². The lowest BCUT2D eigenvalue weighted by Crippen LogP contribution is -2.23. The smallest absolute Gasteiger partial charge is 0.325 e. The van der Waals surface area contributed by atoms with Crippen LogP contribution in [0.25, 0.3) is 15.9 Å². The Kier molecular flexibility index (Phi) is 6.26. The van der Waals surface area contributed by atoms with Gasteiger partial charge < -0.3 is 5.32 Å². The summed E-state index contributed by atoms with van der Waals surface area (Å²) in [6.45, 7) is 1.64. The van der Waals surface area contributed by atoms with Gasteiger partial charge in [0.25, 0.3) is 5.56 Å². The number of rotatable bonds is 5. The van der Waals surface area contributed by atoms with E-state index in [9.17, 15) is 27.2 Å². The maximum Gasteiger partial charge on any atom is 0.418 e. The molecule has 0 aliphatic heterocycles. The first-order valence-corrected chi connectivity index (χ1v) is 11.4. The molecule has 4 aromatic rings. The maximum absolute atomic E-state index is 13.6. The van der Waals surface area contributed by atoms with Gasteiger partial charge in [-0.15, -0.1) is 11.3 Å². The Morgan fingerprint density at radius 3 is 2.67 bits per heavy atom. The van der Waals surface area contributed by atoms with Crippen molar-refractivity contribution in [3.8, 4) is 5.69 Å². The maximum atomic E-state index is 13.6. The second-order valence-electron chi connectivity index (χ2n) is 6.98. The van der Waals surface area contributed by atoms with Crippen molar-refractivity contribution >= 4 is 44.9 Å². The number of aryl methyl sites for hydroxylation is 1. The van der Waals surface area contributed by atoms with Crippen LogP contribution in [0.4, 0.5) is 23.2 Å². The largest absolute Gasteiger partial charge is 0.418 e. The third-order valence-electron chi connectivity index (χ3n) is 4.69. The van der Waals surface area contributed by atoms with Crippen molar-refractivity contribution in [3.05, 3.63) is 81.2 Å². The SMILES string of the molecule is Cc1cc(F)ccc1-n1c(SCC(=O)Nc2ccccc2C(F)(F)F)nc2ccsc2c1=O. The predicted molar refractivity (Wildman–Crippen MR) is 121 cm³/mol. The molecule has 5 nitrogen and oxygen atoms in total. The Labute approximate surface area is 193 Å². The Hall–Kier alpha value is -3.18. The summed E-state index contributed by atoms with van der Waals surface area (Å²) in [6.07, 6.45) is -4.62. The van der Waals surface area contributed by atoms with E-state index in [4.69, 9.17) is 0 Å². The molecule has 0 atom stereocenters. The fraction of sp³-hybridized carbons (Fsp3) is 0.136. The zero-order chi connectivity index (χ0) is 23.8. The molecule has 2 aromatic carbocycles. The third-order valence-corrected chi connectivity index (χ3v) is 6.52. The molecule has 1 amide bonds. The number of thioether (sulfide) groups is 1. The van der Waals surface area contributed by atoms with Crippen LogP contribution < -0.4 is 10.9 Å². The summed E-state index contributed by atoms with van der Waals surface area (Å²) in [5, 5.41) is 4.14. The highest BCUT2D eigenvalue weighted by Crippen LogP contribution is 2.34. The Morgan fingerprint density at radius 1 is 1.18 bits per heavy atom. The number of benzene rings is 2. The zero-order valence-electron chi connectivity index (χ0n) is 16.9. The number of alkyl halides is 3. The van der Waals surface area contributed by atoms with Gasteiger partial charge >= 0.3 is 6.18 Å². The molecule has 11 heteroatoms. The number of aromatic nitrogens is 2. The molecule has 33 heavy (non-hydrogen) atoms. The van der Waals surface area contributed by atoms with Gasteiger partial charge in [-0.25, -0.2) is 9.37 Å². The second-order valence-corrected chi connectivity index (χ2v) is 8.84. The van der Waals surface area contributed by atoms with Crippen molar-refractivity contribution in [1.82, 2.24) is 9.55 Å². The molecule has 4 rings (SSSR count). The number of para-hydroxylation sites is 1. The number of nitrogens with one attached hydrogen (secondary N) is 1. The number of hydrogen-bond acceptors (Lipinski definition) is 5. The van der Waals surface area contributed by atoms with E-state index in [1.54, 1.807) is 18.4 Å². The summed E-state index contributed by atoms with van der Waals surface area (Å²) in [7, 11) is 0. The molecule has 0 aliphatic carbocycles. The first kappa shape index (κ1) is 23.0. The minimum absolute atomic E-state index is 0.167. The molecule has 2 heterocycles. The van der Waals surface area contributed by atoms with E-state index in [1.807, 2.05) is 0 Å². The molecule has 0 spiro atoms. The molecule has 0 saturated heterocycles. The van der Waals surface area contributed by atoms with E-state index in [0.717, 1.165) is 17.8 Å². The fourth-order valence-corrected chi connectivity index (χ4v) is 4.79. The molecule has 0 unspecified atom stereocenters. The van der Waals surface area contributed by atoms with Crippen molar-refractivity contribution in [3.63, 3.8) is 0 Å². The minimum atomic E-state index is -4.62. The lowest BCUT2D eigenvalue weighted by Gasteiger charge is -2.15. The normalized spacial score (nSPS) is 11.7. The average molecular weight is 494 g/mol. The van der Waals surface area contributed by atoms with Gasteiger partial charge in [-0.2, -0.15) is 13.2 Å².